The van der Waals surface area contributed by atoms with Gasteiger partial charge in [0.1, 0.15) is 0 Å². The first-order valence-electron chi connectivity index (χ1n) is 5.59. The molecule has 14 heavy (non-hydrogen) atoms. The number of hydrogen-bond donors (Lipinski definition) is 1. The van der Waals surface area contributed by atoms with Crippen LogP contribution in [0.5, 0.6) is 0 Å². The molecule has 1 N–H and O–H groups in total. The Morgan fingerprint density at radius 2 is 2.14 bits per heavy atom. The molecule has 0 aromatic heterocycles. The molecule has 2 atom stereocenters. The molecule has 2 aliphatic rings. The summed E-state index contributed by atoms with van der Waals surface area (Å²) in [4.78, 5) is 13.0. The number of aliphatic carboxylic acids is 1. The van der Waals surface area contributed by atoms with Gasteiger partial charge in [-0.3, -0.25) is 4.79 Å². The van der Waals surface area contributed by atoms with Crippen LogP contribution in [0.3, 0.4) is 0 Å². The highest BCUT2D eigenvalue weighted by Crippen LogP contribution is 2.39. The minimum absolute atomic E-state index is 0.363. The zero-order valence-corrected chi connectivity index (χ0v) is 8.78. The topological polar surface area (TPSA) is 40.5 Å². The van der Waals surface area contributed by atoms with E-state index in [4.69, 9.17) is 5.11 Å². The summed E-state index contributed by atoms with van der Waals surface area (Å²) in [5, 5.41) is 8.81. The molecule has 1 heterocycles. The lowest BCUT2D eigenvalue weighted by Crippen LogP contribution is -2.30. The Balaban J connectivity index is 1.90. The van der Waals surface area contributed by atoms with Crippen LogP contribution in [0.4, 0.5) is 0 Å². The lowest BCUT2D eigenvalue weighted by molar-refractivity contribution is -0.138. The maximum absolute atomic E-state index is 10.7. The zero-order valence-electron chi connectivity index (χ0n) is 8.78. The van der Waals surface area contributed by atoms with Gasteiger partial charge in [0, 0.05) is 12.5 Å². The number of rotatable bonds is 4. The average Bonchev–Trinajstić information content (AvgIpc) is 2.85. The number of carbonyl (C=O) groups is 1. The van der Waals surface area contributed by atoms with E-state index >= 15 is 0 Å². The fraction of sp³-hybridized carbons (Fsp3) is 0.909. The Hall–Kier alpha value is -0.570. The number of likely N-dealkylation sites (tertiary alicyclic amines) is 1. The summed E-state index contributed by atoms with van der Waals surface area (Å²) in [7, 11) is 2.13. The second-order valence-corrected chi connectivity index (χ2v) is 4.87. The third-order valence-electron chi connectivity index (χ3n) is 3.67. The van der Waals surface area contributed by atoms with Crippen molar-refractivity contribution in [2.24, 2.45) is 11.8 Å². The highest BCUT2D eigenvalue weighted by molar-refractivity contribution is 5.67. The summed E-state index contributed by atoms with van der Waals surface area (Å²) < 4.78 is 0. The first-order valence-corrected chi connectivity index (χ1v) is 5.59. The Kier molecular flexibility index (Phi) is 2.77. The normalized spacial score (nSPS) is 33.5. The van der Waals surface area contributed by atoms with Crippen molar-refractivity contribution in [3.8, 4) is 0 Å². The molecule has 0 spiro atoms. The number of carboxylic acids is 1. The van der Waals surface area contributed by atoms with Gasteiger partial charge in [-0.25, -0.2) is 0 Å². The monoisotopic (exact) mass is 197 g/mol. The third kappa shape index (κ3) is 2.27. The molecule has 0 bridgehead atoms. The molecule has 0 aromatic carbocycles. The molecule has 1 aliphatic heterocycles. The van der Waals surface area contributed by atoms with Gasteiger partial charge < -0.3 is 10.0 Å². The molecule has 3 heteroatoms. The SMILES string of the molecule is CN1CCC(CC(=O)O)C1CC1CC1. The fourth-order valence-electron chi connectivity index (χ4n) is 2.62. The average molecular weight is 197 g/mol. The van der Waals surface area contributed by atoms with Crippen molar-refractivity contribution in [1.82, 2.24) is 4.90 Å². The van der Waals surface area contributed by atoms with Crippen LogP contribution >= 0.6 is 0 Å². The van der Waals surface area contributed by atoms with Crippen LogP contribution in [0.2, 0.25) is 0 Å². The quantitative estimate of drug-likeness (QED) is 0.744. The summed E-state index contributed by atoms with van der Waals surface area (Å²) in [5.74, 6) is 0.668. The predicted molar refractivity (Wildman–Crippen MR) is 54.1 cm³/mol. The molecule has 2 rings (SSSR count). The van der Waals surface area contributed by atoms with Crippen LogP contribution < -0.4 is 0 Å². The van der Waals surface area contributed by atoms with E-state index in [-0.39, 0.29) is 0 Å². The van der Waals surface area contributed by atoms with Crippen LogP contribution in [-0.4, -0.2) is 35.6 Å². The molecule has 2 fully saturated rings. The van der Waals surface area contributed by atoms with Gasteiger partial charge in [-0.2, -0.15) is 0 Å². The van der Waals surface area contributed by atoms with Gasteiger partial charge in [0.15, 0.2) is 0 Å². The Bertz CT molecular complexity index is 225. The minimum Gasteiger partial charge on any atom is -0.481 e. The lowest BCUT2D eigenvalue weighted by Gasteiger charge is -2.24. The molecule has 1 saturated heterocycles. The molecular weight excluding hydrogens is 178 g/mol. The van der Waals surface area contributed by atoms with Crippen LogP contribution in [-0.2, 0) is 4.79 Å². The zero-order chi connectivity index (χ0) is 10.1. The third-order valence-corrected chi connectivity index (χ3v) is 3.67. The molecule has 1 aliphatic carbocycles. The van der Waals surface area contributed by atoms with Crippen LogP contribution in [0.25, 0.3) is 0 Å². The molecule has 1 saturated carbocycles. The summed E-state index contributed by atoms with van der Waals surface area (Å²) in [6.45, 7) is 1.08. The van der Waals surface area contributed by atoms with E-state index in [0.29, 0.717) is 18.4 Å². The largest absolute Gasteiger partial charge is 0.481 e. The second kappa shape index (κ2) is 3.89. The molecule has 80 valence electrons. The highest BCUT2D eigenvalue weighted by Gasteiger charge is 2.36. The minimum atomic E-state index is -0.633. The smallest absolute Gasteiger partial charge is 0.303 e. The fourth-order valence-corrected chi connectivity index (χ4v) is 2.62. The van der Waals surface area contributed by atoms with E-state index in [1.54, 1.807) is 0 Å². The predicted octanol–water partition coefficient (Wildman–Crippen LogP) is 1.58. The van der Waals surface area contributed by atoms with E-state index in [1.165, 1.54) is 19.3 Å². The van der Waals surface area contributed by atoms with Crippen molar-refractivity contribution in [3.63, 3.8) is 0 Å². The maximum Gasteiger partial charge on any atom is 0.303 e. The summed E-state index contributed by atoms with van der Waals surface area (Å²) in [5.41, 5.74) is 0. The molecule has 0 aromatic rings. The first-order chi connectivity index (χ1) is 6.66. The van der Waals surface area contributed by atoms with Crippen molar-refractivity contribution < 1.29 is 9.90 Å². The lowest BCUT2D eigenvalue weighted by atomic mass is 9.93. The van der Waals surface area contributed by atoms with Crippen LogP contribution in [0, 0.1) is 11.8 Å². The van der Waals surface area contributed by atoms with E-state index in [9.17, 15) is 4.79 Å². The van der Waals surface area contributed by atoms with Gasteiger partial charge in [-0.15, -0.1) is 0 Å². The molecular formula is C11H19NO2. The maximum atomic E-state index is 10.7. The van der Waals surface area contributed by atoms with E-state index in [2.05, 4.69) is 11.9 Å². The van der Waals surface area contributed by atoms with E-state index in [0.717, 1.165) is 18.9 Å². The van der Waals surface area contributed by atoms with Crippen molar-refractivity contribution in [2.75, 3.05) is 13.6 Å². The number of nitrogens with zero attached hydrogens (tertiary/aromatic N) is 1. The first kappa shape index (κ1) is 9.97. The van der Waals surface area contributed by atoms with E-state index < -0.39 is 5.97 Å². The standard InChI is InChI=1S/C11H19NO2/c1-12-5-4-9(7-11(13)14)10(12)6-8-2-3-8/h8-10H,2-7H2,1H3,(H,13,14). The molecule has 0 radical (unpaired) electrons. The van der Waals surface area contributed by atoms with Gasteiger partial charge in [0.25, 0.3) is 0 Å². The van der Waals surface area contributed by atoms with Crippen LogP contribution in [0.15, 0.2) is 0 Å². The van der Waals surface area contributed by atoms with Crippen molar-refractivity contribution >= 4 is 5.97 Å². The van der Waals surface area contributed by atoms with Gasteiger partial charge in [0.2, 0.25) is 0 Å². The van der Waals surface area contributed by atoms with Crippen molar-refractivity contribution in [3.05, 3.63) is 0 Å². The Morgan fingerprint density at radius 1 is 1.43 bits per heavy atom. The van der Waals surface area contributed by atoms with Crippen molar-refractivity contribution in [2.45, 2.75) is 38.1 Å². The van der Waals surface area contributed by atoms with Gasteiger partial charge in [-0.1, -0.05) is 12.8 Å². The van der Waals surface area contributed by atoms with Gasteiger partial charge >= 0.3 is 5.97 Å². The molecule has 2 unspecified atom stereocenters. The molecule has 3 nitrogen and oxygen atoms in total. The van der Waals surface area contributed by atoms with Gasteiger partial charge in [0.05, 0.1) is 0 Å². The van der Waals surface area contributed by atoms with E-state index in [1.807, 2.05) is 0 Å². The Labute approximate surface area is 85.1 Å². The number of carboxylic acid groups (broad SMARTS) is 1. The van der Waals surface area contributed by atoms with Crippen molar-refractivity contribution in [1.29, 1.82) is 0 Å². The summed E-state index contributed by atoms with van der Waals surface area (Å²) in [6.07, 6.45) is 5.39. The van der Waals surface area contributed by atoms with Crippen LogP contribution in [0.1, 0.15) is 32.1 Å². The summed E-state index contributed by atoms with van der Waals surface area (Å²) >= 11 is 0. The van der Waals surface area contributed by atoms with Gasteiger partial charge in [-0.05, 0) is 38.3 Å². The number of hydrogen-bond acceptors (Lipinski definition) is 2. The highest BCUT2D eigenvalue weighted by atomic mass is 16.4. The second-order valence-electron chi connectivity index (χ2n) is 4.87. The Morgan fingerprint density at radius 3 is 2.71 bits per heavy atom. The summed E-state index contributed by atoms with van der Waals surface area (Å²) in [6, 6.07) is 0.540. The molecule has 0 amide bonds.